The summed E-state index contributed by atoms with van der Waals surface area (Å²) in [6.07, 6.45) is 8.97. The van der Waals surface area contributed by atoms with Crippen LogP contribution >= 0.6 is 0 Å². The van der Waals surface area contributed by atoms with E-state index in [1.165, 1.54) is 12.1 Å². The van der Waals surface area contributed by atoms with Crippen molar-refractivity contribution in [3.63, 3.8) is 0 Å². The lowest BCUT2D eigenvalue weighted by Crippen LogP contribution is -2.54. The van der Waals surface area contributed by atoms with Crippen molar-refractivity contribution in [1.82, 2.24) is 19.8 Å². The maximum atomic E-state index is 13.8. The van der Waals surface area contributed by atoms with E-state index in [9.17, 15) is 14.0 Å². The molecular formula is C31H32FN5O3. The highest BCUT2D eigenvalue weighted by atomic mass is 19.1. The van der Waals surface area contributed by atoms with Gasteiger partial charge < -0.3 is 19.4 Å². The van der Waals surface area contributed by atoms with Crippen molar-refractivity contribution in [2.45, 2.75) is 44.4 Å². The largest absolute Gasteiger partial charge is 0.482 e. The molecule has 2 amide bonds. The molecule has 0 radical (unpaired) electrons. The topological polar surface area (TPSA) is 78.9 Å². The van der Waals surface area contributed by atoms with Gasteiger partial charge in [-0.05, 0) is 66.8 Å². The van der Waals surface area contributed by atoms with Gasteiger partial charge in [0.1, 0.15) is 11.9 Å². The van der Waals surface area contributed by atoms with Crippen LogP contribution < -0.4 is 4.90 Å². The zero-order chi connectivity index (χ0) is 27.5. The van der Waals surface area contributed by atoms with E-state index in [0.717, 1.165) is 36.8 Å². The zero-order valence-electron chi connectivity index (χ0n) is 22.3. The summed E-state index contributed by atoms with van der Waals surface area (Å²) in [7, 11) is 0. The number of carbonyl (C=O) groups excluding carboxylic acids is 2. The average molecular weight is 542 g/mol. The van der Waals surface area contributed by atoms with Gasteiger partial charge in [0.15, 0.2) is 5.76 Å². The molecule has 3 heterocycles. The van der Waals surface area contributed by atoms with Gasteiger partial charge in [0.2, 0.25) is 5.95 Å². The molecule has 3 aromatic rings. The first-order chi connectivity index (χ1) is 19.5. The highest BCUT2D eigenvalue weighted by Crippen LogP contribution is 2.34. The molecule has 2 aliphatic heterocycles. The second-order valence-corrected chi connectivity index (χ2v) is 10.5. The molecule has 3 fully saturated rings. The van der Waals surface area contributed by atoms with Crippen molar-refractivity contribution >= 4 is 23.8 Å². The fourth-order valence-electron chi connectivity index (χ4n) is 5.81. The number of rotatable bonds is 5. The standard InChI is InChI=1S/C31H32FN5O3/c32-25-6-3-5-23(19-25)21-37-26-7-1-2-8-27(26)40-28(30(37)39)20-22-9-11-24(12-10-22)29(38)35-15-17-36(18-16-35)31-33-13-4-14-34-31/h3-6,9-14,19-20,26-27H,1-2,7-8,15-18,21H2/b28-20-. The lowest BCUT2D eigenvalue weighted by Gasteiger charge is -2.44. The summed E-state index contributed by atoms with van der Waals surface area (Å²) in [6.45, 7) is 2.88. The lowest BCUT2D eigenvalue weighted by atomic mass is 9.89. The number of hydrogen-bond donors (Lipinski definition) is 0. The molecule has 0 spiro atoms. The minimum absolute atomic E-state index is 0.0180. The molecule has 2 unspecified atom stereocenters. The fourth-order valence-corrected chi connectivity index (χ4v) is 5.81. The average Bonchev–Trinajstić information content (AvgIpc) is 3.00. The highest BCUT2D eigenvalue weighted by Gasteiger charge is 2.41. The SMILES string of the molecule is O=C(c1ccc(/C=C2\OC3CCCCC3N(Cc3cccc(F)c3)C2=O)cc1)N1CCN(c2ncccn2)CC1. The van der Waals surface area contributed by atoms with Crippen LogP contribution in [0.2, 0.25) is 0 Å². The molecule has 2 atom stereocenters. The number of halogens is 1. The first-order valence-corrected chi connectivity index (χ1v) is 13.9. The van der Waals surface area contributed by atoms with Gasteiger partial charge in [-0.15, -0.1) is 0 Å². The first kappa shape index (κ1) is 26.0. The van der Waals surface area contributed by atoms with E-state index in [4.69, 9.17) is 4.74 Å². The maximum Gasteiger partial charge on any atom is 0.289 e. The van der Waals surface area contributed by atoms with Gasteiger partial charge in [0.25, 0.3) is 11.8 Å². The van der Waals surface area contributed by atoms with E-state index >= 15 is 0 Å². The summed E-state index contributed by atoms with van der Waals surface area (Å²) in [5.74, 6) is 0.450. The molecule has 0 N–H and O–H groups in total. The molecule has 3 aliphatic rings. The predicted octanol–water partition coefficient (Wildman–Crippen LogP) is 4.29. The van der Waals surface area contributed by atoms with Crippen LogP contribution in [0.5, 0.6) is 0 Å². The molecular weight excluding hydrogens is 509 g/mol. The summed E-state index contributed by atoms with van der Waals surface area (Å²) in [6, 6.07) is 15.4. The Labute approximate surface area is 233 Å². The molecule has 1 aromatic heterocycles. The number of aromatic nitrogens is 2. The normalized spacial score (nSPS) is 22.2. The van der Waals surface area contributed by atoms with Crippen LogP contribution in [0.1, 0.15) is 47.2 Å². The lowest BCUT2D eigenvalue weighted by molar-refractivity contribution is -0.149. The minimum atomic E-state index is -0.309. The Morgan fingerprint density at radius 2 is 1.73 bits per heavy atom. The summed E-state index contributed by atoms with van der Waals surface area (Å²) >= 11 is 0. The number of fused-ring (bicyclic) bond motifs is 1. The number of nitrogens with zero attached hydrogens (tertiary/aromatic N) is 5. The van der Waals surface area contributed by atoms with E-state index in [-0.39, 0.29) is 35.5 Å². The Morgan fingerprint density at radius 1 is 0.975 bits per heavy atom. The first-order valence-electron chi connectivity index (χ1n) is 13.9. The summed E-state index contributed by atoms with van der Waals surface area (Å²) in [5, 5.41) is 0. The van der Waals surface area contributed by atoms with Crippen LogP contribution in [0.4, 0.5) is 10.3 Å². The summed E-state index contributed by atoms with van der Waals surface area (Å²) < 4.78 is 20.1. The highest BCUT2D eigenvalue weighted by molar-refractivity contribution is 5.97. The van der Waals surface area contributed by atoms with Crippen molar-refractivity contribution in [1.29, 1.82) is 0 Å². The summed E-state index contributed by atoms with van der Waals surface area (Å²) in [4.78, 5) is 41.0. The van der Waals surface area contributed by atoms with E-state index in [0.29, 0.717) is 44.2 Å². The van der Waals surface area contributed by atoms with Crippen molar-refractivity contribution in [3.8, 4) is 0 Å². The van der Waals surface area contributed by atoms with Gasteiger partial charge in [-0.1, -0.05) is 30.7 Å². The van der Waals surface area contributed by atoms with Crippen molar-refractivity contribution in [2.75, 3.05) is 31.1 Å². The molecule has 8 nitrogen and oxygen atoms in total. The zero-order valence-corrected chi connectivity index (χ0v) is 22.3. The van der Waals surface area contributed by atoms with Crippen LogP contribution in [0.15, 0.2) is 72.8 Å². The molecule has 2 aromatic carbocycles. The number of morpholine rings is 1. The van der Waals surface area contributed by atoms with E-state index in [1.54, 1.807) is 42.7 Å². The van der Waals surface area contributed by atoms with Gasteiger partial charge in [-0.2, -0.15) is 0 Å². The third kappa shape index (κ3) is 5.54. The van der Waals surface area contributed by atoms with Gasteiger partial charge in [0, 0.05) is 50.7 Å². The van der Waals surface area contributed by atoms with Crippen LogP contribution in [0, 0.1) is 5.82 Å². The molecule has 1 saturated carbocycles. The molecule has 2 saturated heterocycles. The number of carbonyl (C=O) groups is 2. The van der Waals surface area contributed by atoms with Crippen LogP contribution in [0.25, 0.3) is 6.08 Å². The number of piperazine rings is 1. The van der Waals surface area contributed by atoms with Crippen LogP contribution in [0.3, 0.4) is 0 Å². The second-order valence-electron chi connectivity index (χ2n) is 10.5. The minimum Gasteiger partial charge on any atom is -0.482 e. The Morgan fingerprint density at radius 3 is 2.48 bits per heavy atom. The number of anilines is 1. The number of benzene rings is 2. The van der Waals surface area contributed by atoms with Crippen molar-refractivity contribution in [2.24, 2.45) is 0 Å². The number of hydrogen-bond acceptors (Lipinski definition) is 6. The van der Waals surface area contributed by atoms with E-state index < -0.39 is 0 Å². The smallest absolute Gasteiger partial charge is 0.289 e. The van der Waals surface area contributed by atoms with Gasteiger partial charge in [-0.25, -0.2) is 14.4 Å². The monoisotopic (exact) mass is 541 g/mol. The Balaban J connectivity index is 1.14. The third-order valence-electron chi connectivity index (χ3n) is 7.92. The van der Waals surface area contributed by atoms with E-state index in [1.807, 2.05) is 28.0 Å². The molecule has 6 rings (SSSR count). The van der Waals surface area contributed by atoms with Gasteiger partial charge in [-0.3, -0.25) is 9.59 Å². The Hall–Kier alpha value is -4.27. The van der Waals surface area contributed by atoms with E-state index in [2.05, 4.69) is 14.9 Å². The molecule has 40 heavy (non-hydrogen) atoms. The second kappa shape index (κ2) is 11.5. The Kier molecular flexibility index (Phi) is 7.44. The van der Waals surface area contributed by atoms with Crippen molar-refractivity contribution < 1.29 is 18.7 Å². The quantitative estimate of drug-likeness (QED) is 0.449. The van der Waals surface area contributed by atoms with Gasteiger partial charge >= 0.3 is 0 Å². The molecule has 1 aliphatic carbocycles. The Bertz CT molecular complexity index is 1390. The number of amides is 2. The van der Waals surface area contributed by atoms with Crippen molar-refractivity contribution in [3.05, 3.63) is 95.3 Å². The maximum absolute atomic E-state index is 13.8. The van der Waals surface area contributed by atoms with Gasteiger partial charge in [0.05, 0.1) is 6.04 Å². The van der Waals surface area contributed by atoms with Crippen LogP contribution in [-0.2, 0) is 16.1 Å². The fraction of sp³-hybridized carbons (Fsp3) is 0.355. The third-order valence-corrected chi connectivity index (χ3v) is 7.92. The van der Waals surface area contributed by atoms with Crippen LogP contribution in [-0.4, -0.2) is 69.9 Å². The number of ether oxygens (including phenoxy) is 1. The summed E-state index contributed by atoms with van der Waals surface area (Å²) in [5.41, 5.74) is 2.15. The predicted molar refractivity (Wildman–Crippen MR) is 149 cm³/mol. The molecule has 206 valence electrons. The molecule has 0 bridgehead atoms. The molecule has 9 heteroatoms.